The fourth-order valence-electron chi connectivity index (χ4n) is 3.81. The van der Waals surface area contributed by atoms with Gasteiger partial charge in [-0.15, -0.1) is 0 Å². The number of nitrogens with zero attached hydrogens (tertiary/aromatic N) is 1. The summed E-state index contributed by atoms with van der Waals surface area (Å²) < 4.78 is 22.3. The molecule has 3 aromatic rings. The minimum Gasteiger partial charge on any atom is -0.494 e. The van der Waals surface area contributed by atoms with Crippen LogP contribution in [0.3, 0.4) is 0 Å². The third kappa shape index (κ3) is 4.81. The molecule has 7 heteroatoms. The number of ether oxygens (including phenoxy) is 4. The summed E-state index contributed by atoms with van der Waals surface area (Å²) in [5.41, 5.74) is 8.88. The Labute approximate surface area is 197 Å². The number of rotatable bonds is 7. The molecule has 4 rings (SSSR count). The van der Waals surface area contributed by atoms with Crippen LogP contribution in [0.15, 0.2) is 78.2 Å². The van der Waals surface area contributed by atoms with Gasteiger partial charge in [-0.25, -0.2) is 4.79 Å². The number of hydrogen-bond donors (Lipinski definition) is 1. The Morgan fingerprint density at radius 1 is 1.06 bits per heavy atom. The Kier molecular flexibility index (Phi) is 6.69. The Balaban J connectivity index is 1.56. The molecule has 2 N–H and O–H groups in total. The molecule has 0 amide bonds. The maximum Gasteiger partial charge on any atom is 0.349 e. The van der Waals surface area contributed by atoms with Crippen molar-refractivity contribution in [2.24, 2.45) is 5.73 Å². The molecule has 0 bridgehead atoms. The molecule has 172 valence electrons. The third-order valence-corrected chi connectivity index (χ3v) is 5.36. The lowest BCUT2D eigenvalue weighted by molar-refractivity contribution is -0.136. The number of allylic oxidation sites excluding steroid dienone is 1. The fourth-order valence-corrected chi connectivity index (χ4v) is 3.81. The van der Waals surface area contributed by atoms with Crippen LogP contribution in [0.1, 0.15) is 29.5 Å². The number of nitriles is 1. The van der Waals surface area contributed by atoms with Crippen molar-refractivity contribution in [3.8, 4) is 29.1 Å². The maximum atomic E-state index is 12.3. The molecule has 0 aromatic heterocycles. The van der Waals surface area contributed by atoms with E-state index in [9.17, 15) is 10.1 Å². The lowest BCUT2D eigenvalue weighted by Gasteiger charge is -2.27. The van der Waals surface area contributed by atoms with Gasteiger partial charge in [0, 0.05) is 11.6 Å². The highest BCUT2D eigenvalue weighted by atomic mass is 16.6. The van der Waals surface area contributed by atoms with Crippen LogP contribution in [-0.4, -0.2) is 19.2 Å². The molecule has 0 aliphatic carbocycles. The summed E-state index contributed by atoms with van der Waals surface area (Å²) in [7, 11) is 0. The third-order valence-electron chi connectivity index (χ3n) is 5.36. The monoisotopic (exact) mass is 456 g/mol. The van der Waals surface area contributed by atoms with E-state index in [0.29, 0.717) is 29.4 Å². The van der Waals surface area contributed by atoms with Crippen LogP contribution in [0.4, 0.5) is 0 Å². The second kappa shape index (κ2) is 10.0. The zero-order valence-corrected chi connectivity index (χ0v) is 18.9. The topological polar surface area (TPSA) is 104 Å². The van der Waals surface area contributed by atoms with Gasteiger partial charge in [0.25, 0.3) is 0 Å². The highest BCUT2D eigenvalue weighted by Crippen LogP contribution is 2.44. The summed E-state index contributed by atoms with van der Waals surface area (Å²) in [6, 6.07) is 22.1. The van der Waals surface area contributed by atoms with Crippen molar-refractivity contribution in [3.05, 3.63) is 94.9 Å². The van der Waals surface area contributed by atoms with E-state index in [0.717, 1.165) is 16.7 Å². The molecule has 1 aliphatic rings. The molecule has 3 aromatic carbocycles. The number of esters is 1. The van der Waals surface area contributed by atoms with Gasteiger partial charge >= 0.3 is 5.97 Å². The zero-order chi connectivity index (χ0) is 24.1. The highest BCUT2D eigenvalue weighted by molar-refractivity contribution is 5.74. The van der Waals surface area contributed by atoms with Crippen LogP contribution in [0.2, 0.25) is 0 Å². The van der Waals surface area contributed by atoms with Crippen molar-refractivity contribution < 1.29 is 23.7 Å². The number of fused-ring (bicyclic) bond motifs is 1. The van der Waals surface area contributed by atoms with Crippen molar-refractivity contribution in [2.45, 2.75) is 19.8 Å². The number of hydrogen-bond acceptors (Lipinski definition) is 7. The first-order valence-corrected chi connectivity index (χ1v) is 10.8. The summed E-state index contributed by atoms with van der Waals surface area (Å²) in [5.74, 6) is 1.02. The van der Waals surface area contributed by atoms with E-state index in [4.69, 9.17) is 24.7 Å². The number of aryl methyl sites for hydroxylation is 1. The van der Waals surface area contributed by atoms with Crippen molar-refractivity contribution >= 4 is 5.97 Å². The van der Waals surface area contributed by atoms with Crippen molar-refractivity contribution in [1.29, 1.82) is 5.26 Å². The SMILES string of the molecule is CCOc1cccc(C2C(C#N)=C(N)Oc3cc(OC(=O)COc4ccccc4C)ccc32)c1. The van der Waals surface area contributed by atoms with Gasteiger partial charge in [-0.2, -0.15) is 5.26 Å². The average molecular weight is 456 g/mol. The number of nitrogens with two attached hydrogens (primary N) is 1. The van der Waals surface area contributed by atoms with Crippen LogP contribution in [0.25, 0.3) is 0 Å². The first kappa shape index (κ1) is 22.7. The molecule has 7 nitrogen and oxygen atoms in total. The molecule has 0 radical (unpaired) electrons. The molecular formula is C27H24N2O5. The largest absolute Gasteiger partial charge is 0.494 e. The first-order chi connectivity index (χ1) is 16.5. The van der Waals surface area contributed by atoms with E-state index in [2.05, 4.69) is 6.07 Å². The molecule has 1 aliphatic heterocycles. The van der Waals surface area contributed by atoms with E-state index < -0.39 is 11.9 Å². The molecule has 1 heterocycles. The molecule has 0 saturated heterocycles. The second-order valence-corrected chi connectivity index (χ2v) is 7.66. The Morgan fingerprint density at radius 3 is 2.65 bits per heavy atom. The van der Waals surface area contributed by atoms with Crippen LogP contribution >= 0.6 is 0 Å². The first-order valence-electron chi connectivity index (χ1n) is 10.8. The van der Waals surface area contributed by atoms with Crippen molar-refractivity contribution in [2.75, 3.05) is 13.2 Å². The molecule has 34 heavy (non-hydrogen) atoms. The van der Waals surface area contributed by atoms with Gasteiger partial charge in [0.2, 0.25) is 5.88 Å². The summed E-state index contributed by atoms with van der Waals surface area (Å²) in [5, 5.41) is 9.76. The van der Waals surface area contributed by atoms with Crippen LogP contribution in [0.5, 0.6) is 23.0 Å². The summed E-state index contributed by atoms with van der Waals surface area (Å²) in [4.78, 5) is 12.3. The maximum absolute atomic E-state index is 12.3. The molecule has 0 spiro atoms. The Hall–Kier alpha value is -4.44. The Bertz CT molecular complexity index is 1290. The standard InChI is InChI=1S/C27H24N2O5/c1-3-31-19-9-6-8-18(13-19)26-21-12-11-20(14-24(21)34-27(29)22(26)15-28)33-25(30)16-32-23-10-5-4-7-17(23)2/h4-14,26H,3,16,29H2,1-2H3. The van der Waals surface area contributed by atoms with Gasteiger partial charge in [0.1, 0.15) is 34.6 Å². The van der Waals surface area contributed by atoms with Gasteiger partial charge in [-0.05, 0) is 49.2 Å². The van der Waals surface area contributed by atoms with Crippen molar-refractivity contribution in [1.82, 2.24) is 0 Å². The normalized spacial score (nSPS) is 14.4. The van der Waals surface area contributed by atoms with Crippen LogP contribution < -0.4 is 24.7 Å². The van der Waals surface area contributed by atoms with Crippen LogP contribution in [-0.2, 0) is 4.79 Å². The molecule has 1 unspecified atom stereocenters. The van der Waals surface area contributed by atoms with Crippen molar-refractivity contribution in [3.63, 3.8) is 0 Å². The average Bonchev–Trinajstić information content (AvgIpc) is 2.83. The van der Waals surface area contributed by atoms with E-state index >= 15 is 0 Å². The van der Waals surface area contributed by atoms with Crippen LogP contribution in [0, 0.1) is 18.3 Å². The quantitative estimate of drug-likeness (QED) is 0.409. The van der Waals surface area contributed by atoms with E-state index in [1.54, 1.807) is 24.3 Å². The van der Waals surface area contributed by atoms with Gasteiger partial charge < -0.3 is 24.7 Å². The van der Waals surface area contributed by atoms with E-state index in [-0.39, 0.29) is 18.2 Å². The lowest BCUT2D eigenvalue weighted by atomic mass is 9.83. The molecule has 1 atom stereocenters. The number of benzene rings is 3. The number of para-hydroxylation sites is 1. The summed E-state index contributed by atoms with van der Waals surface area (Å²) in [6.45, 7) is 4.09. The highest BCUT2D eigenvalue weighted by Gasteiger charge is 2.31. The molecule has 0 saturated carbocycles. The predicted molar refractivity (Wildman–Crippen MR) is 126 cm³/mol. The van der Waals surface area contributed by atoms with E-state index in [1.807, 2.05) is 56.3 Å². The summed E-state index contributed by atoms with van der Waals surface area (Å²) in [6.07, 6.45) is 0. The van der Waals surface area contributed by atoms with Gasteiger partial charge in [0.05, 0.1) is 12.5 Å². The minimum atomic E-state index is -0.554. The smallest absolute Gasteiger partial charge is 0.349 e. The predicted octanol–water partition coefficient (Wildman–Crippen LogP) is 4.60. The number of carbonyl (C=O) groups excluding carboxylic acids is 1. The Morgan fingerprint density at radius 2 is 1.88 bits per heavy atom. The zero-order valence-electron chi connectivity index (χ0n) is 18.9. The minimum absolute atomic E-state index is 0.00757. The summed E-state index contributed by atoms with van der Waals surface area (Å²) >= 11 is 0. The number of carbonyl (C=O) groups is 1. The molecular weight excluding hydrogens is 432 g/mol. The second-order valence-electron chi connectivity index (χ2n) is 7.66. The van der Waals surface area contributed by atoms with Gasteiger partial charge in [0.15, 0.2) is 6.61 Å². The molecule has 0 fully saturated rings. The van der Waals surface area contributed by atoms with Gasteiger partial charge in [-0.3, -0.25) is 0 Å². The van der Waals surface area contributed by atoms with E-state index in [1.165, 1.54) is 0 Å². The van der Waals surface area contributed by atoms with Gasteiger partial charge in [-0.1, -0.05) is 36.4 Å². The fraction of sp³-hybridized carbons (Fsp3) is 0.185. The lowest BCUT2D eigenvalue weighted by Crippen LogP contribution is -2.22.